The van der Waals surface area contributed by atoms with Crippen molar-refractivity contribution in [3.05, 3.63) is 35.4 Å². The van der Waals surface area contributed by atoms with Gasteiger partial charge < -0.3 is 14.9 Å². The number of aliphatic hydroxyl groups excluding tert-OH is 1. The lowest BCUT2D eigenvalue weighted by atomic mass is 10.1. The van der Waals surface area contributed by atoms with Gasteiger partial charge in [-0.2, -0.15) is 0 Å². The highest BCUT2D eigenvalue weighted by atomic mass is 16.5. The minimum Gasteiger partial charge on any atom is -0.478 e. The van der Waals surface area contributed by atoms with Crippen molar-refractivity contribution in [2.75, 3.05) is 6.61 Å². The first kappa shape index (κ1) is 14.2. The van der Waals surface area contributed by atoms with Crippen molar-refractivity contribution in [3.63, 3.8) is 0 Å². The van der Waals surface area contributed by atoms with E-state index in [0.717, 1.165) is 0 Å². The summed E-state index contributed by atoms with van der Waals surface area (Å²) in [7, 11) is 0. The lowest BCUT2D eigenvalue weighted by molar-refractivity contribution is 0.0310. The molecular formula is C13H16O5. The predicted molar refractivity (Wildman–Crippen MR) is 64.6 cm³/mol. The average molecular weight is 252 g/mol. The van der Waals surface area contributed by atoms with Gasteiger partial charge in [-0.25, -0.2) is 9.59 Å². The number of rotatable bonds is 6. The van der Waals surface area contributed by atoms with Crippen LogP contribution in [0.1, 0.15) is 40.5 Å². The van der Waals surface area contributed by atoms with E-state index in [1.807, 2.05) is 0 Å². The number of benzene rings is 1. The van der Waals surface area contributed by atoms with E-state index in [9.17, 15) is 9.59 Å². The van der Waals surface area contributed by atoms with Crippen molar-refractivity contribution in [2.24, 2.45) is 0 Å². The first-order valence-electron chi connectivity index (χ1n) is 5.69. The Labute approximate surface area is 105 Å². The van der Waals surface area contributed by atoms with Crippen LogP contribution >= 0.6 is 0 Å². The Hall–Kier alpha value is -1.88. The Kier molecular flexibility index (Phi) is 5.32. The van der Waals surface area contributed by atoms with E-state index in [1.54, 1.807) is 6.92 Å². The molecule has 18 heavy (non-hydrogen) atoms. The van der Waals surface area contributed by atoms with Gasteiger partial charge in [-0.15, -0.1) is 0 Å². The summed E-state index contributed by atoms with van der Waals surface area (Å²) in [6.07, 6.45) is 0.894. The van der Waals surface area contributed by atoms with Crippen LogP contribution in [-0.2, 0) is 4.74 Å². The minimum absolute atomic E-state index is 0.0647. The standard InChI is InChI=1S/C13H16O5/c1-9(3-2-8-14)18-13(17)11-6-4-10(5-7-11)12(15)16/h4-7,9,14H,2-3,8H2,1H3,(H,15,16). The van der Waals surface area contributed by atoms with Crippen LogP contribution in [0.5, 0.6) is 0 Å². The highest BCUT2D eigenvalue weighted by Gasteiger charge is 2.12. The predicted octanol–water partition coefficient (Wildman–Crippen LogP) is 1.70. The largest absolute Gasteiger partial charge is 0.478 e. The fourth-order valence-corrected chi connectivity index (χ4v) is 1.44. The van der Waals surface area contributed by atoms with Gasteiger partial charge in [0.15, 0.2) is 0 Å². The van der Waals surface area contributed by atoms with Crippen molar-refractivity contribution in [3.8, 4) is 0 Å². The first-order valence-corrected chi connectivity index (χ1v) is 5.69. The average Bonchev–Trinajstić information content (AvgIpc) is 2.36. The van der Waals surface area contributed by atoms with Gasteiger partial charge in [0.1, 0.15) is 0 Å². The molecule has 0 heterocycles. The quantitative estimate of drug-likeness (QED) is 0.753. The third-order valence-electron chi connectivity index (χ3n) is 2.44. The highest BCUT2D eigenvalue weighted by molar-refractivity contribution is 5.92. The lowest BCUT2D eigenvalue weighted by Gasteiger charge is -2.12. The molecule has 0 aliphatic carbocycles. The summed E-state index contributed by atoms with van der Waals surface area (Å²) in [5.74, 6) is -1.52. The van der Waals surface area contributed by atoms with Crippen molar-refractivity contribution < 1.29 is 24.5 Å². The van der Waals surface area contributed by atoms with E-state index in [2.05, 4.69) is 0 Å². The molecule has 5 nitrogen and oxygen atoms in total. The van der Waals surface area contributed by atoms with E-state index in [1.165, 1.54) is 24.3 Å². The molecule has 0 amide bonds. The topological polar surface area (TPSA) is 83.8 Å². The van der Waals surface area contributed by atoms with E-state index in [-0.39, 0.29) is 18.3 Å². The summed E-state index contributed by atoms with van der Waals surface area (Å²) in [5, 5.41) is 17.4. The Morgan fingerprint density at radius 3 is 2.28 bits per heavy atom. The lowest BCUT2D eigenvalue weighted by Crippen LogP contribution is -2.15. The van der Waals surface area contributed by atoms with Crippen molar-refractivity contribution in [1.82, 2.24) is 0 Å². The van der Waals surface area contributed by atoms with E-state index < -0.39 is 11.9 Å². The molecule has 0 radical (unpaired) electrons. The number of hydrogen-bond donors (Lipinski definition) is 2. The second kappa shape index (κ2) is 6.76. The fourth-order valence-electron chi connectivity index (χ4n) is 1.44. The Morgan fingerprint density at radius 2 is 1.78 bits per heavy atom. The summed E-state index contributed by atoms with van der Waals surface area (Å²) >= 11 is 0. The molecule has 98 valence electrons. The molecule has 0 aromatic heterocycles. The highest BCUT2D eigenvalue weighted by Crippen LogP contribution is 2.09. The normalized spacial score (nSPS) is 11.9. The molecule has 1 aromatic rings. The smallest absolute Gasteiger partial charge is 0.338 e. The Bertz CT molecular complexity index is 410. The number of carboxylic acid groups (broad SMARTS) is 1. The summed E-state index contributed by atoms with van der Waals surface area (Å²) < 4.78 is 5.14. The number of aromatic carboxylic acids is 1. The van der Waals surface area contributed by atoms with Crippen LogP contribution in [0, 0.1) is 0 Å². The number of carbonyl (C=O) groups excluding carboxylic acids is 1. The van der Waals surface area contributed by atoms with Gasteiger partial charge in [0.2, 0.25) is 0 Å². The van der Waals surface area contributed by atoms with Crippen molar-refractivity contribution >= 4 is 11.9 Å². The summed E-state index contributed by atoms with van der Waals surface area (Å²) in [6, 6.07) is 5.56. The molecule has 2 N–H and O–H groups in total. The van der Waals surface area contributed by atoms with Gasteiger partial charge in [-0.05, 0) is 44.0 Å². The van der Waals surface area contributed by atoms with Crippen LogP contribution in [0.3, 0.4) is 0 Å². The third-order valence-corrected chi connectivity index (χ3v) is 2.44. The van der Waals surface area contributed by atoms with Gasteiger partial charge in [-0.3, -0.25) is 0 Å². The molecule has 0 fully saturated rings. The van der Waals surface area contributed by atoms with E-state index in [0.29, 0.717) is 18.4 Å². The number of esters is 1. The zero-order chi connectivity index (χ0) is 13.5. The Morgan fingerprint density at radius 1 is 1.22 bits per heavy atom. The molecule has 1 unspecified atom stereocenters. The monoisotopic (exact) mass is 252 g/mol. The Balaban J connectivity index is 2.58. The molecule has 0 saturated carbocycles. The van der Waals surface area contributed by atoms with Gasteiger partial charge in [0.05, 0.1) is 17.2 Å². The number of hydrogen-bond acceptors (Lipinski definition) is 4. The second-order valence-corrected chi connectivity index (χ2v) is 3.96. The van der Waals surface area contributed by atoms with Crippen LogP contribution < -0.4 is 0 Å². The number of ether oxygens (including phenoxy) is 1. The van der Waals surface area contributed by atoms with Crippen LogP contribution in [0.25, 0.3) is 0 Å². The van der Waals surface area contributed by atoms with Crippen molar-refractivity contribution in [2.45, 2.75) is 25.9 Å². The maximum Gasteiger partial charge on any atom is 0.338 e. The molecule has 1 aromatic carbocycles. The first-order chi connectivity index (χ1) is 8.54. The fraction of sp³-hybridized carbons (Fsp3) is 0.385. The SMILES string of the molecule is CC(CCCO)OC(=O)c1ccc(C(=O)O)cc1. The molecule has 0 aliphatic heterocycles. The molecular weight excluding hydrogens is 236 g/mol. The van der Waals surface area contributed by atoms with Crippen LogP contribution in [0.2, 0.25) is 0 Å². The van der Waals surface area contributed by atoms with E-state index >= 15 is 0 Å². The molecule has 0 spiro atoms. The molecule has 1 rings (SSSR count). The van der Waals surface area contributed by atoms with E-state index in [4.69, 9.17) is 14.9 Å². The number of aliphatic hydroxyl groups is 1. The molecule has 0 saturated heterocycles. The zero-order valence-electron chi connectivity index (χ0n) is 10.1. The summed E-state index contributed by atoms with van der Waals surface area (Å²) in [4.78, 5) is 22.3. The number of carbonyl (C=O) groups is 2. The molecule has 0 bridgehead atoms. The molecule has 0 aliphatic rings. The van der Waals surface area contributed by atoms with Crippen molar-refractivity contribution in [1.29, 1.82) is 0 Å². The van der Waals surface area contributed by atoms with Gasteiger partial charge >= 0.3 is 11.9 Å². The third kappa shape index (κ3) is 4.18. The summed E-state index contributed by atoms with van der Waals surface area (Å²) in [6.45, 7) is 1.81. The zero-order valence-corrected chi connectivity index (χ0v) is 10.1. The molecule has 1 atom stereocenters. The maximum atomic E-state index is 11.7. The van der Waals surface area contributed by atoms with Gasteiger partial charge in [0, 0.05) is 6.61 Å². The van der Waals surface area contributed by atoms with Gasteiger partial charge in [-0.1, -0.05) is 0 Å². The van der Waals surface area contributed by atoms with Crippen LogP contribution in [0.15, 0.2) is 24.3 Å². The molecule has 5 heteroatoms. The van der Waals surface area contributed by atoms with Crippen LogP contribution in [-0.4, -0.2) is 34.9 Å². The minimum atomic E-state index is -1.04. The summed E-state index contributed by atoms with van der Waals surface area (Å²) in [5.41, 5.74) is 0.440. The van der Waals surface area contributed by atoms with Gasteiger partial charge in [0.25, 0.3) is 0 Å². The maximum absolute atomic E-state index is 11.7. The van der Waals surface area contributed by atoms with Crippen LogP contribution in [0.4, 0.5) is 0 Å². The second-order valence-electron chi connectivity index (χ2n) is 3.96. The number of carboxylic acids is 1.